The van der Waals surface area contributed by atoms with Gasteiger partial charge in [0.05, 0.1) is 0 Å². The number of nitrogen functional groups attached to an aromatic ring is 1. The number of hydrogen-bond donors (Lipinski definition) is 1. The molecular formula is C19H15BrFNO2. The average molecular weight is 388 g/mol. The van der Waals surface area contributed by atoms with Crippen LogP contribution >= 0.6 is 15.9 Å². The Hall–Kier alpha value is -2.27. The molecule has 3 nitrogen and oxygen atoms in total. The summed E-state index contributed by atoms with van der Waals surface area (Å²) in [4.78, 5) is 0. The van der Waals surface area contributed by atoms with Crippen molar-refractivity contribution in [3.63, 3.8) is 0 Å². The summed E-state index contributed by atoms with van der Waals surface area (Å²) in [6.07, 6.45) is 0.593. The van der Waals surface area contributed by atoms with Crippen molar-refractivity contribution in [1.82, 2.24) is 0 Å². The number of hydrogen-bond acceptors (Lipinski definition) is 3. The molecule has 0 aromatic heterocycles. The summed E-state index contributed by atoms with van der Waals surface area (Å²) in [5.41, 5.74) is 7.41. The number of anilines is 1. The summed E-state index contributed by atoms with van der Waals surface area (Å²) < 4.78 is 26.4. The van der Waals surface area contributed by atoms with Gasteiger partial charge in [0.25, 0.3) is 5.79 Å². The molecule has 1 aliphatic heterocycles. The van der Waals surface area contributed by atoms with E-state index in [1.807, 2.05) is 31.2 Å². The molecule has 0 spiro atoms. The van der Waals surface area contributed by atoms with Crippen LogP contribution in [0.1, 0.15) is 18.9 Å². The lowest BCUT2D eigenvalue weighted by Gasteiger charge is -2.26. The fourth-order valence-electron chi connectivity index (χ4n) is 3.00. The van der Waals surface area contributed by atoms with Gasteiger partial charge in [0, 0.05) is 22.1 Å². The minimum absolute atomic E-state index is 0.286. The average Bonchev–Trinajstić information content (AvgIpc) is 2.93. The third kappa shape index (κ3) is 2.31. The summed E-state index contributed by atoms with van der Waals surface area (Å²) in [7, 11) is 0. The van der Waals surface area contributed by atoms with Crippen LogP contribution < -0.4 is 15.2 Å². The highest BCUT2D eigenvalue weighted by Crippen LogP contribution is 2.48. The molecule has 3 aromatic rings. The highest BCUT2D eigenvalue weighted by Gasteiger charge is 2.42. The maximum Gasteiger partial charge on any atom is 0.278 e. The largest absolute Gasteiger partial charge is 0.444 e. The molecule has 0 aliphatic carbocycles. The first-order valence-corrected chi connectivity index (χ1v) is 8.47. The Morgan fingerprint density at radius 3 is 2.17 bits per heavy atom. The summed E-state index contributed by atoms with van der Waals surface area (Å²) in [6, 6.07) is 13.9. The van der Waals surface area contributed by atoms with Gasteiger partial charge < -0.3 is 15.2 Å². The second kappa shape index (κ2) is 5.38. The lowest BCUT2D eigenvalue weighted by molar-refractivity contribution is -0.0891. The van der Waals surface area contributed by atoms with Crippen molar-refractivity contribution >= 4 is 32.4 Å². The van der Waals surface area contributed by atoms with Crippen LogP contribution in [-0.2, 0) is 5.79 Å². The molecule has 1 atom stereocenters. The van der Waals surface area contributed by atoms with E-state index in [-0.39, 0.29) is 5.82 Å². The standard InChI is InChI=1S/C19H15BrFNO2/c1-2-19(13-3-5-14(21)6-4-13)23-17-9-11-7-15(20)16(22)8-12(11)10-18(17)24-19/h3-10H,2,22H2,1H3. The maximum atomic E-state index is 13.2. The molecule has 1 heterocycles. The molecule has 2 N–H and O–H groups in total. The van der Waals surface area contributed by atoms with Gasteiger partial charge in [0.15, 0.2) is 11.5 Å². The summed E-state index contributed by atoms with van der Waals surface area (Å²) in [5.74, 6) is 0.114. The van der Waals surface area contributed by atoms with Gasteiger partial charge in [-0.05, 0) is 75.2 Å². The number of fused-ring (bicyclic) bond motifs is 2. The molecule has 24 heavy (non-hydrogen) atoms. The second-order valence-electron chi connectivity index (χ2n) is 5.84. The zero-order chi connectivity index (χ0) is 16.9. The summed E-state index contributed by atoms with van der Waals surface area (Å²) in [5, 5.41) is 1.98. The van der Waals surface area contributed by atoms with Gasteiger partial charge in [0.1, 0.15) is 5.82 Å². The molecule has 4 rings (SSSR count). The minimum Gasteiger partial charge on any atom is -0.444 e. The first-order chi connectivity index (χ1) is 11.5. The molecule has 5 heteroatoms. The predicted octanol–water partition coefficient (Wildman–Crippen LogP) is 5.36. The topological polar surface area (TPSA) is 44.5 Å². The van der Waals surface area contributed by atoms with Crippen LogP contribution in [0.3, 0.4) is 0 Å². The van der Waals surface area contributed by atoms with Gasteiger partial charge >= 0.3 is 0 Å². The Labute approximate surface area is 147 Å². The van der Waals surface area contributed by atoms with Gasteiger partial charge in [-0.3, -0.25) is 0 Å². The van der Waals surface area contributed by atoms with Crippen LogP contribution in [0.5, 0.6) is 11.5 Å². The molecule has 0 amide bonds. The lowest BCUT2D eigenvalue weighted by Crippen LogP contribution is -2.34. The summed E-state index contributed by atoms with van der Waals surface area (Å²) >= 11 is 3.44. The van der Waals surface area contributed by atoms with Gasteiger partial charge in [0.2, 0.25) is 0 Å². The van der Waals surface area contributed by atoms with Crippen molar-refractivity contribution < 1.29 is 13.9 Å². The van der Waals surface area contributed by atoms with Crippen LogP contribution in [0, 0.1) is 5.82 Å². The molecule has 0 bridgehead atoms. The van der Waals surface area contributed by atoms with Gasteiger partial charge in [-0.15, -0.1) is 0 Å². The number of rotatable bonds is 2. The summed E-state index contributed by atoms with van der Waals surface area (Å²) in [6.45, 7) is 1.98. The minimum atomic E-state index is -0.934. The van der Waals surface area contributed by atoms with E-state index in [4.69, 9.17) is 15.2 Å². The zero-order valence-electron chi connectivity index (χ0n) is 13.0. The van der Waals surface area contributed by atoms with Gasteiger partial charge in [-0.25, -0.2) is 4.39 Å². The predicted molar refractivity (Wildman–Crippen MR) is 95.7 cm³/mol. The molecule has 1 aliphatic rings. The van der Waals surface area contributed by atoms with Crippen LogP contribution in [-0.4, -0.2) is 0 Å². The monoisotopic (exact) mass is 387 g/mol. The normalized spacial score (nSPS) is 19.0. The number of benzene rings is 3. The van der Waals surface area contributed by atoms with E-state index in [0.717, 1.165) is 20.8 Å². The van der Waals surface area contributed by atoms with Gasteiger partial charge in [-0.1, -0.05) is 6.92 Å². The Kier molecular flexibility index (Phi) is 3.42. The number of halogens is 2. The fourth-order valence-corrected chi connectivity index (χ4v) is 3.36. The molecule has 0 radical (unpaired) electrons. The van der Waals surface area contributed by atoms with E-state index < -0.39 is 5.79 Å². The highest BCUT2D eigenvalue weighted by molar-refractivity contribution is 9.10. The maximum absolute atomic E-state index is 13.2. The Morgan fingerprint density at radius 2 is 1.58 bits per heavy atom. The lowest BCUT2D eigenvalue weighted by atomic mass is 10.0. The molecule has 122 valence electrons. The molecule has 0 saturated carbocycles. The quantitative estimate of drug-likeness (QED) is 0.602. The van der Waals surface area contributed by atoms with Gasteiger partial charge in [-0.2, -0.15) is 0 Å². The van der Waals surface area contributed by atoms with E-state index in [1.54, 1.807) is 12.1 Å². The zero-order valence-corrected chi connectivity index (χ0v) is 14.6. The van der Waals surface area contributed by atoms with Crippen molar-refractivity contribution in [3.05, 3.63) is 64.4 Å². The van der Waals surface area contributed by atoms with E-state index in [9.17, 15) is 4.39 Å². The van der Waals surface area contributed by atoms with E-state index in [2.05, 4.69) is 15.9 Å². The molecule has 0 fully saturated rings. The second-order valence-corrected chi connectivity index (χ2v) is 6.69. The third-order valence-electron chi connectivity index (χ3n) is 4.32. The van der Waals surface area contributed by atoms with Crippen LogP contribution in [0.2, 0.25) is 0 Å². The van der Waals surface area contributed by atoms with Crippen molar-refractivity contribution in [1.29, 1.82) is 0 Å². The Morgan fingerprint density at radius 1 is 1.00 bits per heavy atom. The van der Waals surface area contributed by atoms with Crippen molar-refractivity contribution in [2.24, 2.45) is 0 Å². The number of nitrogens with two attached hydrogens (primary N) is 1. The highest BCUT2D eigenvalue weighted by atomic mass is 79.9. The van der Waals surface area contributed by atoms with E-state index in [1.165, 1.54) is 12.1 Å². The number of ether oxygens (including phenoxy) is 2. The van der Waals surface area contributed by atoms with Crippen LogP contribution in [0.4, 0.5) is 10.1 Å². The Balaban J connectivity index is 1.81. The Bertz CT molecular complexity index is 890. The van der Waals surface area contributed by atoms with Crippen molar-refractivity contribution in [2.75, 3.05) is 5.73 Å². The van der Waals surface area contributed by atoms with Crippen molar-refractivity contribution in [2.45, 2.75) is 19.1 Å². The fraction of sp³-hybridized carbons (Fsp3) is 0.158. The van der Waals surface area contributed by atoms with E-state index >= 15 is 0 Å². The SMILES string of the molecule is CCC1(c2ccc(F)cc2)Oc2cc3cc(N)c(Br)cc3cc2O1. The third-order valence-corrected chi connectivity index (χ3v) is 5.00. The molecule has 1 unspecified atom stereocenters. The van der Waals surface area contributed by atoms with E-state index in [0.29, 0.717) is 23.6 Å². The first kappa shape index (κ1) is 15.3. The van der Waals surface area contributed by atoms with Crippen LogP contribution in [0.25, 0.3) is 10.8 Å². The molecule has 0 saturated heterocycles. The molecule has 3 aromatic carbocycles. The van der Waals surface area contributed by atoms with Crippen molar-refractivity contribution in [3.8, 4) is 11.5 Å². The first-order valence-electron chi connectivity index (χ1n) is 7.67. The van der Waals surface area contributed by atoms with Crippen LogP contribution in [0.15, 0.2) is 53.0 Å². The molecular weight excluding hydrogens is 373 g/mol. The smallest absolute Gasteiger partial charge is 0.278 e.